The van der Waals surface area contributed by atoms with E-state index >= 15 is 0 Å². The predicted molar refractivity (Wildman–Crippen MR) is 140 cm³/mol. The van der Waals surface area contributed by atoms with Gasteiger partial charge >= 0.3 is 5.97 Å². The van der Waals surface area contributed by atoms with Crippen LogP contribution in [-0.4, -0.2) is 35.5 Å². The number of hydrogen-bond donors (Lipinski definition) is 2. The monoisotopic (exact) mass is 468 g/mol. The van der Waals surface area contributed by atoms with Crippen LogP contribution in [-0.2, 0) is 9.53 Å². The highest BCUT2D eigenvalue weighted by Gasteiger charge is 2.38. The molecule has 0 heterocycles. The van der Waals surface area contributed by atoms with Crippen LogP contribution in [0.15, 0.2) is 12.2 Å². The van der Waals surface area contributed by atoms with E-state index in [1.165, 1.54) is 70.6 Å². The van der Waals surface area contributed by atoms with Gasteiger partial charge in [0.1, 0.15) is 6.10 Å². The van der Waals surface area contributed by atoms with Gasteiger partial charge in [0.25, 0.3) is 0 Å². The molecule has 2 N–H and O–H groups in total. The van der Waals surface area contributed by atoms with Crippen LogP contribution in [0.25, 0.3) is 0 Å². The third kappa shape index (κ3) is 16.4. The maximum Gasteiger partial charge on any atom is 0.312 e. The number of unbranched alkanes of at least 4 members (excludes halogenated alkanes) is 13. The van der Waals surface area contributed by atoms with Crippen LogP contribution >= 0.6 is 0 Å². The van der Waals surface area contributed by atoms with E-state index < -0.39 is 11.5 Å². The lowest BCUT2D eigenvalue weighted by atomic mass is 9.75. The highest BCUT2D eigenvalue weighted by molar-refractivity contribution is 5.77. The zero-order valence-corrected chi connectivity index (χ0v) is 22.3. The first kappa shape index (κ1) is 32.1. The molecule has 0 fully saturated rings. The van der Waals surface area contributed by atoms with Crippen molar-refractivity contribution >= 4 is 5.97 Å². The summed E-state index contributed by atoms with van der Waals surface area (Å²) in [6.45, 7) is 5.87. The minimum absolute atomic E-state index is 0.229. The van der Waals surface area contributed by atoms with Crippen molar-refractivity contribution in [3.8, 4) is 0 Å². The van der Waals surface area contributed by atoms with Crippen molar-refractivity contribution < 1.29 is 19.7 Å². The van der Waals surface area contributed by atoms with Gasteiger partial charge in [0.15, 0.2) is 0 Å². The van der Waals surface area contributed by atoms with Crippen LogP contribution in [0.1, 0.15) is 143 Å². The van der Waals surface area contributed by atoms with Crippen LogP contribution in [0, 0.1) is 5.41 Å². The Bertz CT molecular complexity index is 459. The summed E-state index contributed by atoms with van der Waals surface area (Å²) in [5, 5.41) is 18.6. The maximum absolute atomic E-state index is 13.0. The molecule has 0 aliphatic rings. The standard InChI is InChI=1S/C29H56O4/c1-4-7-9-11-12-13-14-15-16-17-18-19-20-22-24-29(6-3,23-21-10-8-5-2)28(32)33-27(25-30)26-31/h15-16,27,30-31H,4-14,17-26H2,1-3H3/b16-15-. The number of aliphatic hydroxyl groups is 2. The van der Waals surface area contributed by atoms with Crippen molar-refractivity contribution in [2.24, 2.45) is 5.41 Å². The second kappa shape index (κ2) is 22.9. The van der Waals surface area contributed by atoms with Gasteiger partial charge in [-0.1, -0.05) is 110 Å². The fourth-order valence-electron chi connectivity index (χ4n) is 4.48. The first-order valence-electron chi connectivity index (χ1n) is 14.2. The first-order chi connectivity index (χ1) is 16.1. The van der Waals surface area contributed by atoms with Crippen molar-refractivity contribution in [2.75, 3.05) is 13.2 Å². The SMILES string of the molecule is CCCCCCCC/C=C\CCCCCCC(CC)(CCCCCC)C(=O)OC(CO)CO. The molecule has 0 spiro atoms. The van der Waals surface area contributed by atoms with E-state index in [1.807, 2.05) is 0 Å². The van der Waals surface area contributed by atoms with Gasteiger partial charge in [-0.2, -0.15) is 0 Å². The van der Waals surface area contributed by atoms with E-state index in [0.29, 0.717) is 0 Å². The Morgan fingerprint density at radius 1 is 0.697 bits per heavy atom. The molecule has 196 valence electrons. The van der Waals surface area contributed by atoms with Crippen LogP contribution in [0.3, 0.4) is 0 Å². The van der Waals surface area contributed by atoms with Gasteiger partial charge in [-0.05, 0) is 44.9 Å². The molecule has 33 heavy (non-hydrogen) atoms. The van der Waals surface area contributed by atoms with Gasteiger partial charge in [-0.25, -0.2) is 0 Å². The molecule has 0 rings (SSSR count). The molecule has 0 aromatic rings. The Morgan fingerprint density at radius 2 is 1.12 bits per heavy atom. The van der Waals surface area contributed by atoms with Crippen molar-refractivity contribution in [3.05, 3.63) is 12.2 Å². The Kier molecular flexibility index (Phi) is 22.3. The van der Waals surface area contributed by atoms with Gasteiger partial charge in [0.2, 0.25) is 0 Å². The normalized spacial score (nSPS) is 13.6. The van der Waals surface area contributed by atoms with Crippen molar-refractivity contribution in [1.29, 1.82) is 0 Å². The summed E-state index contributed by atoms with van der Waals surface area (Å²) in [5.74, 6) is -0.229. The maximum atomic E-state index is 13.0. The third-order valence-electron chi connectivity index (χ3n) is 6.97. The number of carbonyl (C=O) groups excluding carboxylic acids is 1. The van der Waals surface area contributed by atoms with E-state index in [9.17, 15) is 15.0 Å². The molecule has 4 heteroatoms. The van der Waals surface area contributed by atoms with Crippen LogP contribution in [0.5, 0.6) is 0 Å². The highest BCUT2D eigenvalue weighted by Crippen LogP contribution is 2.37. The zero-order valence-electron chi connectivity index (χ0n) is 22.3. The van der Waals surface area contributed by atoms with Gasteiger partial charge in [-0.15, -0.1) is 0 Å². The highest BCUT2D eigenvalue weighted by atomic mass is 16.6. The Hall–Kier alpha value is -0.870. The first-order valence-corrected chi connectivity index (χ1v) is 14.2. The largest absolute Gasteiger partial charge is 0.457 e. The molecule has 0 bridgehead atoms. The fourth-order valence-corrected chi connectivity index (χ4v) is 4.48. The van der Waals surface area contributed by atoms with E-state index in [0.717, 1.165) is 51.4 Å². The van der Waals surface area contributed by atoms with Crippen LogP contribution in [0.2, 0.25) is 0 Å². The smallest absolute Gasteiger partial charge is 0.312 e. The van der Waals surface area contributed by atoms with E-state index in [2.05, 4.69) is 32.9 Å². The summed E-state index contributed by atoms with van der Waals surface area (Å²) in [4.78, 5) is 13.0. The fraction of sp³-hybridized carbons (Fsp3) is 0.897. The zero-order chi connectivity index (χ0) is 24.6. The molecule has 0 amide bonds. The summed E-state index contributed by atoms with van der Waals surface area (Å²) in [5.41, 5.74) is -0.479. The molecule has 1 unspecified atom stereocenters. The van der Waals surface area contributed by atoms with Crippen molar-refractivity contribution in [2.45, 2.75) is 149 Å². The number of esters is 1. The summed E-state index contributed by atoms with van der Waals surface area (Å²) in [7, 11) is 0. The molecule has 0 radical (unpaired) electrons. The molecule has 0 saturated heterocycles. The number of hydrogen-bond acceptors (Lipinski definition) is 4. The molecular formula is C29H56O4. The summed E-state index contributed by atoms with van der Waals surface area (Å²) in [6.07, 6.45) is 26.0. The molecule has 0 aliphatic carbocycles. The third-order valence-corrected chi connectivity index (χ3v) is 6.97. The topological polar surface area (TPSA) is 66.8 Å². The number of ether oxygens (including phenoxy) is 1. The quantitative estimate of drug-likeness (QED) is 0.0858. The van der Waals surface area contributed by atoms with Crippen LogP contribution < -0.4 is 0 Å². The van der Waals surface area contributed by atoms with E-state index in [-0.39, 0.29) is 19.2 Å². The molecule has 0 aliphatic heterocycles. The summed E-state index contributed by atoms with van der Waals surface area (Å²) in [6, 6.07) is 0. The number of allylic oxidation sites excluding steroid dienone is 2. The average molecular weight is 469 g/mol. The lowest BCUT2D eigenvalue weighted by molar-refractivity contribution is -0.167. The Labute approximate surface area is 205 Å². The molecule has 0 aromatic heterocycles. The number of carbonyl (C=O) groups is 1. The predicted octanol–water partition coefficient (Wildman–Crippen LogP) is 7.90. The number of aliphatic hydroxyl groups excluding tert-OH is 2. The van der Waals surface area contributed by atoms with Gasteiger partial charge in [0.05, 0.1) is 18.6 Å². The minimum atomic E-state index is -0.804. The molecule has 0 saturated carbocycles. The summed E-state index contributed by atoms with van der Waals surface area (Å²) >= 11 is 0. The van der Waals surface area contributed by atoms with Crippen molar-refractivity contribution in [3.63, 3.8) is 0 Å². The second-order valence-corrected chi connectivity index (χ2v) is 9.82. The van der Waals surface area contributed by atoms with Crippen LogP contribution in [0.4, 0.5) is 0 Å². The lowest BCUT2D eigenvalue weighted by Crippen LogP contribution is -2.37. The van der Waals surface area contributed by atoms with Crippen molar-refractivity contribution in [1.82, 2.24) is 0 Å². The molecule has 4 nitrogen and oxygen atoms in total. The lowest BCUT2D eigenvalue weighted by Gasteiger charge is -2.32. The Morgan fingerprint density at radius 3 is 1.58 bits per heavy atom. The second-order valence-electron chi connectivity index (χ2n) is 9.82. The van der Waals surface area contributed by atoms with Gasteiger partial charge in [-0.3, -0.25) is 4.79 Å². The molecular weight excluding hydrogens is 412 g/mol. The Balaban J connectivity index is 4.27. The van der Waals surface area contributed by atoms with E-state index in [4.69, 9.17) is 4.74 Å². The minimum Gasteiger partial charge on any atom is -0.457 e. The number of rotatable bonds is 24. The summed E-state index contributed by atoms with van der Waals surface area (Å²) < 4.78 is 5.48. The molecule has 0 aromatic carbocycles. The van der Waals surface area contributed by atoms with Gasteiger partial charge < -0.3 is 14.9 Å². The average Bonchev–Trinajstić information content (AvgIpc) is 2.83. The van der Waals surface area contributed by atoms with Gasteiger partial charge in [0, 0.05) is 0 Å². The van der Waals surface area contributed by atoms with E-state index in [1.54, 1.807) is 0 Å². The molecule has 1 atom stereocenters.